The molecule has 0 spiro atoms. The van der Waals surface area contributed by atoms with E-state index in [0.717, 1.165) is 6.07 Å². The van der Waals surface area contributed by atoms with Crippen molar-refractivity contribution in [1.29, 1.82) is 0 Å². The van der Waals surface area contributed by atoms with E-state index in [0.29, 0.717) is 18.7 Å². The van der Waals surface area contributed by atoms with Crippen LogP contribution in [0.3, 0.4) is 0 Å². The lowest BCUT2D eigenvalue weighted by atomic mass is 10.2. The maximum Gasteiger partial charge on any atom is 0.416 e. The number of sulfone groups is 1. The summed E-state index contributed by atoms with van der Waals surface area (Å²) < 4.78 is 65.9. The van der Waals surface area contributed by atoms with Crippen molar-refractivity contribution < 1.29 is 26.3 Å². The van der Waals surface area contributed by atoms with Crippen LogP contribution in [0, 0.1) is 0 Å². The second-order valence-corrected chi connectivity index (χ2v) is 5.84. The lowest BCUT2D eigenvalue weighted by Gasteiger charge is -2.11. The molecule has 0 aliphatic rings. The Kier molecular flexibility index (Phi) is 4.81. The van der Waals surface area contributed by atoms with Crippen molar-refractivity contribution >= 4 is 15.5 Å². The fraction of sp³-hybridized carbons (Fsp3) is 0.455. The molecule has 0 atom stereocenters. The zero-order chi connectivity index (χ0) is 14.7. The second-order valence-electron chi connectivity index (χ2n) is 3.77. The largest absolute Gasteiger partial charge is 0.416 e. The summed E-state index contributed by atoms with van der Waals surface area (Å²) in [6.07, 6.45) is -4.55. The molecule has 0 saturated carbocycles. The number of halogens is 3. The smallest absolute Gasteiger partial charge is 0.398 e. The minimum absolute atomic E-state index is 0.0285. The van der Waals surface area contributed by atoms with Gasteiger partial charge in [0.2, 0.25) is 0 Å². The minimum Gasteiger partial charge on any atom is -0.398 e. The highest BCUT2D eigenvalue weighted by Crippen LogP contribution is 2.32. The van der Waals surface area contributed by atoms with Gasteiger partial charge in [0.05, 0.1) is 28.5 Å². The molecule has 0 aliphatic heterocycles. The summed E-state index contributed by atoms with van der Waals surface area (Å²) in [6.45, 7) is 2.04. The molecule has 0 bridgehead atoms. The maximum absolute atomic E-state index is 12.4. The molecule has 1 rings (SSSR count). The first-order valence-corrected chi connectivity index (χ1v) is 7.11. The van der Waals surface area contributed by atoms with Crippen LogP contribution in [0.25, 0.3) is 0 Å². The van der Waals surface area contributed by atoms with E-state index in [4.69, 9.17) is 10.5 Å². The number of rotatable bonds is 5. The Morgan fingerprint density at radius 2 is 1.95 bits per heavy atom. The fourth-order valence-corrected chi connectivity index (χ4v) is 2.68. The summed E-state index contributed by atoms with van der Waals surface area (Å²) in [6, 6.07) is 2.19. The van der Waals surface area contributed by atoms with Gasteiger partial charge in [-0.15, -0.1) is 0 Å². The number of nitrogen functional groups attached to an aromatic ring is 1. The predicted octanol–water partition coefficient (Wildman–Crippen LogP) is 2.10. The quantitative estimate of drug-likeness (QED) is 0.667. The molecule has 1 aromatic carbocycles. The third-order valence-electron chi connectivity index (χ3n) is 2.37. The van der Waals surface area contributed by atoms with E-state index in [2.05, 4.69) is 0 Å². The highest BCUT2D eigenvalue weighted by atomic mass is 32.2. The van der Waals surface area contributed by atoms with Crippen LogP contribution >= 0.6 is 0 Å². The monoisotopic (exact) mass is 297 g/mol. The number of benzene rings is 1. The predicted molar refractivity (Wildman–Crippen MR) is 64.4 cm³/mol. The first kappa shape index (κ1) is 15.8. The van der Waals surface area contributed by atoms with Gasteiger partial charge in [0.15, 0.2) is 9.84 Å². The van der Waals surface area contributed by atoms with Gasteiger partial charge < -0.3 is 10.5 Å². The molecule has 19 heavy (non-hydrogen) atoms. The zero-order valence-corrected chi connectivity index (χ0v) is 11.0. The lowest BCUT2D eigenvalue weighted by Crippen LogP contribution is -2.15. The van der Waals surface area contributed by atoms with Gasteiger partial charge in [-0.1, -0.05) is 0 Å². The molecule has 2 N–H and O–H groups in total. The van der Waals surface area contributed by atoms with Crippen molar-refractivity contribution in [3.63, 3.8) is 0 Å². The normalized spacial score (nSPS) is 12.6. The van der Waals surface area contributed by atoms with Crippen molar-refractivity contribution in [2.75, 3.05) is 24.7 Å². The van der Waals surface area contributed by atoms with Crippen molar-refractivity contribution in [1.82, 2.24) is 0 Å². The Hall–Kier alpha value is -1.28. The van der Waals surface area contributed by atoms with Gasteiger partial charge in [0, 0.05) is 6.61 Å². The van der Waals surface area contributed by atoms with E-state index in [9.17, 15) is 21.6 Å². The first-order chi connectivity index (χ1) is 8.68. The number of anilines is 1. The first-order valence-electron chi connectivity index (χ1n) is 5.45. The van der Waals surface area contributed by atoms with E-state index in [1.165, 1.54) is 0 Å². The van der Waals surface area contributed by atoms with Crippen molar-refractivity contribution in [3.05, 3.63) is 23.8 Å². The molecular weight excluding hydrogens is 283 g/mol. The number of alkyl halides is 3. The van der Waals surface area contributed by atoms with E-state index in [-0.39, 0.29) is 17.3 Å². The van der Waals surface area contributed by atoms with Gasteiger partial charge in [-0.25, -0.2) is 8.42 Å². The summed E-state index contributed by atoms with van der Waals surface area (Å²) in [5.74, 6) is -0.323. The van der Waals surface area contributed by atoms with Gasteiger partial charge in [-0.05, 0) is 25.1 Å². The third-order valence-corrected chi connectivity index (χ3v) is 4.12. The van der Waals surface area contributed by atoms with Gasteiger partial charge in [-0.2, -0.15) is 13.2 Å². The third kappa shape index (κ3) is 4.10. The van der Waals surface area contributed by atoms with E-state index in [1.807, 2.05) is 0 Å². The van der Waals surface area contributed by atoms with Crippen LogP contribution in [0.4, 0.5) is 18.9 Å². The molecule has 0 unspecified atom stereocenters. The summed E-state index contributed by atoms with van der Waals surface area (Å²) in [7, 11) is -3.74. The molecule has 0 aromatic heterocycles. The molecule has 0 saturated heterocycles. The van der Waals surface area contributed by atoms with Gasteiger partial charge in [-0.3, -0.25) is 0 Å². The van der Waals surface area contributed by atoms with Crippen molar-refractivity contribution in [2.24, 2.45) is 0 Å². The lowest BCUT2D eigenvalue weighted by molar-refractivity contribution is -0.137. The minimum atomic E-state index is -4.55. The van der Waals surface area contributed by atoms with Gasteiger partial charge in [0.25, 0.3) is 0 Å². The SMILES string of the molecule is CCOCCS(=O)(=O)c1ccc(C(F)(F)F)cc1N. The molecule has 108 valence electrons. The number of ether oxygens (including phenoxy) is 1. The summed E-state index contributed by atoms with van der Waals surface area (Å²) in [4.78, 5) is -0.305. The topological polar surface area (TPSA) is 69.4 Å². The Balaban J connectivity index is 3.03. The molecule has 0 heterocycles. The van der Waals surface area contributed by atoms with Crippen LogP contribution in [0.5, 0.6) is 0 Å². The number of hydrogen-bond acceptors (Lipinski definition) is 4. The molecule has 0 aliphatic carbocycles. The van der Waals surface area contributed by atoms with Crippen LogP contribution in [0.2, 0.25) is 0 Å². The van der Waals surface area contributed by atoms with E-state index in [1.54, 1.807) is 6.92 Å². The fourth-order valence-electron chi connectivity index (χ4n) is 1.43. The van der Waals surface area contributed by atoms with Gasteiger partial charge >= 0.3 is 6.18 Å². The molecular formula is C11H14F3NO3S. The molecule has 4 nitrogen and oxygen atoms in total. The molecule has 1 aromatic rings. The van der Waals surface area contributed by atoms with Crippen molar-refractivity contribution in [3.8, 4) is 0 Å². The Bertz CT molecular complexity index is 541. The zero-order valence-electron chi connectivity index (χ0n) is 10.2. The molecule has 0 amide bonds. The number of hydrogen-bond donors (Lipinski definition) is 1. The average Bonchev–Trinajstić information content (AvgIpc) is 2.27. The molecule has 8 heteroatoms. The average molecular weight is 297 g/mol. The second kappa shape index (κ2) is 5.79. The van der Waals surface area contributed by atoms with Crippen molar-refractivity contribution in [2.45, 2.75) is 18.0 Å². The van der Waals surface area contributed by atoms with Gasteiger partial charge in [0.1, 0.15) is 0 Å². The van der Waals surface area contributed by atoms with E-state index < -0.39 is 27.3 Å². The highest BCUT2D eigenvalue weighted by molar-refractivity contribution is 7.91. The van der Waals surface area contributed by atoms with Crippen LogP contribution in [-0.4, -0.2) is 27.4 Å². The van der Waals surface area contributed by atoms with Crippen LogP contribution in [-0.2, 0) is 20.8 Å². The standard InChI is InChI=1S/C11H14F3NO3S/c1-2-18-5-6-19(16,17)10-4-3-8(7-9(10)15)11(12,13)14/h3-4,7H,2,5-6,15H2,1H3. The summed E-state index contributed by atoms with van der Waals surface area (Å²) in [5, 5.41) is 0. The summed E-state index contributed by atoms with van der Waals surface area (Å²) >= 11 is 0. The van der Waals surface area contributed by atoms with Crippen LogP contribution < -0.4 is 5.73 Å². The Morgan fingerprint density at radius 3 is 2.42 bits per heavy atom. The van der Waals surface area contributed by atoms with E-state index >= 15 is 0 Å². The summed E-state index contributed by atoms with van der Waals surface area (Å²) in [5.41, 5.74) is 4.00. The van der Waals surface area contributed by atoms with Crippen LogP contribution in [0.15, 0.2) is 23.1 Å². The number of nitrogens with two attached hydrogens (primary N) is 1. The maximum atomic E-state index is 12.4. The molecule has 0 fully saturated rings. The molecule has 0 radical (unpaired) electrons. The highest BCUT2D eigenvalue weighted by Gasteiger charge is 2.31. The Morgan fingerprint density at radius 1 is 1.32 bits per heavy atom. The van der Waals surface area contributed by atoms with Crippen LogP contribution in [0.1, 0.15) is 12.5 Å². The Labute approximate surface area is 109 Å².